The second-order valence-corrected chi connectivity index (χ2v) is 5.21. The molecule has 1 heterocycles. The van der Waals surface area contributed by atoms with E-state index in [4.69, 9.17) is 0 Å². The van der Waals surface area contributed by atoms with Crippen LogP contribution in [0.3, 0.4) is 0 Å². The van der Waals surface area contributed by atoms with Gasteiger partial charge in [-0.1, -0.05) is 12.1 Å². The van der Waals surface area contributed by atoms with E-state index in [0.717, 1.165) is 12.0 Å². The number of carbonyl (C=O) groups is 3. The fraction of sp³-hybridized carbons (Fsp3) is 0.400. The molecular weight excluding hydrogens is 256 g/mol. The molecule has 1 aromatic rings. The largest absolute Gasteiger partial charge is 0.354 e. The zero-order chi connectivity index (χ0) is 14.1. The van der Waals surface area contributed by atoms with Crippen molar-refractivity contribution < 1.29 is 14.4 Å². The van der Waals surface area contributed by atoms with Crippen molar-refractivity contribution in [1.82, 2.24) is 10.6 Å². The maximum atomic E-state index is 12.3. The van der Waals surface area contributed by atoms with Gasteiger partial charge in [-0.3, -0.25) is 14.4 Å². The molecule has 2 aliphatic rings. The topological polar surface area (TPSA) is 75.3 Å². The van der Waals surface area contributed by atoms with Gasteiger partial charge in [0, 0.05) is 24.1 Å². The van der Waals surface area contributed by atoms with Crippen molar-refractivity contribution >= 4 is 17.6 Å². The van der Waals surface area contributed by atoms with Gasteiger partial charge in [0.15, 0.2) is 5.78 Å². The van der Waals surface area contributed by atoms with Gasteiger partial charge < -0.3 is 10.6 Å². The van der Waals surface area contributed by atoms with Gasteiger partial charge in [-0.25, -0.2) is 0 Å². The van der Waals surface area contributed by atoms with Crippen LogP contribution in [-0.2, 0) is 11.2 Å². The molecule has 1 atom stereocenters. The fourth-order valence-electron chi connectivity index (χ4n) is 2.85. The van der Waals surface area contributed by atoms with Gasteiger partial charge in [0.25, 0.3) is 5.91 Å². The lowest BCUT2D eigenvalue weighted by molar-refractivity contribution is -0.124. The Kier molecular flexibility index (Phi) is 3.26. The summed E-state index contributed by atoms with van der Waals surface area (Å²) in [5, 5.41) is 5.51. The summed E-state index contributed by atoms with van der Waals surface area (Å²) >= 11 is 0. The van der Waals surface area contributed by atoms with Crippen molar-refractivity contribution in [2.45, 2.75) is 31.7 Å². The minimum Gasteiger partial charge on any atom is -0.354 e. The molecule has 1 fully saturated rings. The van der Waals surface area contributed by atoms with Crippen LogP contribution in [0.25, 0.3) is 0 Å². The summed E-state index contributed by atoms with van der Waals surface area (Å²) in [5.74, 6) is -0.308. The smallest absolute Gasteiger partial charge is 0.252 e. The van der Waals surface area contributed by atoms with Gasteiger partial charge in [-0.2, -0.15) is 0 Å². The normalized spacial score (nSPS) is 21.3. The standard InChI is InChI=1S/C15H16N2O3/c18-13-7-6-9-10(13)3-1-4-11(9)14(19)17-12-5-2-8-16-15(12)20/h1,3-4,12H,2,5-8H2,(H,16,20)(H,17,19). The molecule has 0 saturated carbocycles. The number of hydrogen-bond donors (Lipinski definition) is 2. The Balaban J connectivity index is 1.81. The lowest BCUT2D eigenvalue weighted by Gasteiger charge is -2.23. The third-order valence-corrected chi connectivity index (χ3v) is 3.91. The highest BCUT2D eigenvalue weighted by Crippen LogP contribution is 2.25. The maximum absolute atomic E-state index is 12.3. The van der Waals surface area contributed by atoms with E-state index in [1.807, 2.05) is 0 Å². The zero-order valence-electron chi connectivity index (χ0n) is 11.1. The number of benzene rings is 1. The Bertz CT molecular complexity index is 595. The molecule has 5 nitrogen and oxygen atoms in total. The summed E-state index contributed by atoms with van der Waals surface area (Å²) < 4.78 is 0. The predicted molar refractivity (Wildman–Crippen MR) is 72.6 cm³/mol. The van der Waals surface area contributed by atoms with Crippen LogP contribution in [0.2, 0.25) is 0 Å². The molecule has 2 amide bonds. The van der Waals surface area contributed by atoms with E-state index < -0.39 is 6.04 Å². The highest BCUT2D eigenvalue weighted by atomic mass is 16.2. The quantitative estimate of drug-likeness (QED) is 0.837. The number of rotatable bonds is 2. The van der Waals surface area contributed by atoms with Crippen LogP contribution < -0.4 is 10.6 Å². The van der Waals surface area contributed by atoms with E-state index in [1.165, 1.54) is 0 Å². The molecule has 1 aliphatic heterocycles. The van der Waals surface area contributed by atoms with Crippen LogP contribution in [0.1, 0.15) is 45.5 Å². The van der Waals surface area contributed by atoms with Crippen LogP contribution in [-0.4, -0.2) is 30.2 Å². The Labute approximate surface area is 116 Å². The van der Waals surface area contributed by atoms with Gasteiger partial charge in [0.1, 0.15) is 6.04 Å². The summed E-state index contributed by atoms with van der Waals surface area (Å²) in [5.41, 5.74) is 1.98. The van der Waals surface area contributed by atoms with Gasteiger partial charge in [-0.15, -0.1) is 0 Å². The van der Waals surface area contributed by atoms with Crippen molar-refractivity contribution in [1.29, 1.82) is 0 Å². The average molecular weight is 272 g/mol. The molecule has 2 N–H and O–H groups in total. The number of carbonyl (C=O) groups excluding carboxylic acids is 3. The molecule has 3 rings (SSSR count). The van der Waals surface area contributed by atoms with Crippen LogP contribution >= 0.6 is 0 Å². The van der Waals surface area contributed by atoms with E-state index >= 15 is 0 Å². The molecule has 0 spiro atoms. The lowest BCUT2D eigenvalue weighted by atomic mass is 10.0. The predicted octanol–water partition coefficient (Wildman–Crippen LogP) is 0.824. The number of hydrogen-bond acceptors (Lipinski definition) is 3. The van der Waals surface area contributed by atoms with E-state index in [0.29, 0.717) is 36.9 Å². The first-order valence-electron chi connectivity index (χ1n) is 6.90. The molecule has 1 aliphatic carbocycles. The molecule has 20 heavy (non-hydrogen) atoms. The molecule has 1 saturated heterocycles. The number of Topliss-reactive ketones (excluding diaryl/α,β-unsaturated/α-hetero) is 1. The highest BCUT2D eigenvalue weighted by Gasteiger charge is 2.28. The Morgan fingerprint density at radius 2 is 2.10 bits per heavy atom. The summed E-state index contributed by atoms with van der Waals surface area (Å²) in [6, 6.07) is 4.73. The summed E-state index contributed by atoms with van der Waals surface area (Å²) in [6.45, 7) is 0.667. The van der Waals surface area contributed by atoms with Gasteiger partial charge >= 0.3 is 0 Å². The molecule has 0 bridgehead atoms. The minimum absolute atomic E-state index is 0.0880. The SMILES string of the molecule is O=C1CCc2c1cccc2C(=O)NC1CCCNC1=O. The van der Waals surface area contributed by atoms with E-state index in [2.05, 4.69) is 10.6 Å². The average Bonchev–Trinajstić information content (AvgIpc) is 2.83. The third kappa shape index (κ3) is 2.19. The molecule has 5 heteroatoms. The van der Waals surface area contributed by atoms with Gasteiger partial charge in [-0.05, 0) is 30.9 Å². The summed E-state index contributed by atoms with van der Waals surface area (Å²) in [4.78, 5) is 35.7. The molecule has 1 unspecified atom stereocenters. The van der Waals surface area contributed by atoms with Crippen LogP contribution in [0.15, 0.2) is 18.2 Å². The molecule has 0 aromatic heterocycles. The Morgan fingerprint density at radius 1 is 1.25 bits per heavy atom. The van der Waals surface area contributed by atoms with Crippen molar-refractivity contribution in [2.75, 3.05) is 6.54 Å². The van der Waals surface area contributed by atoms with E-state index in [1.54, 1.807) is 18.2 Å². The highest BCUT2D eigenvalue weighted by molar-refractivity contribution is 6.06. The molecular formula is C15H16N2O3. The third-order valence-electron chi connectivity index (χ3n) is 3.91. The van der Waals surface area contributed by atoms with E-state index in [-0.39, 0.29) is 17.6 Å². The van der Waals surface area contributed by atoms with Crippen LogP contribution in [0.4, 0.5) is 0 Å². The van der Waals surface area contributed by atoms with Crippen molar-refractivity contribution in [2.24, 2.45) is 0 Å². The first kappa shape index (κ1) is 12.8. The van der Waals surface area contributed by atoms with Crippen LogP contribution in [0.5, 0.6) is 0 Å². The molecule has 104 valence electrons. The second kappa shape index (κ2) is 5.07. The number of nitrogens with one attached hydrogen (secondary N) is 2. The summed E-state index contributed by atoms with van der Waals surface area (Å²) in [6.07, 6.45) is 2.59. The number of fused-ring (bicyclic) bond motifs is 1. The number of amides is 2. The zero-order valence-corrected chi connectivity index (χ0v) is 11.1. The van der Waals surface area contributed by atoms with Gasteiger partial charge in [0.2, 0.25) is 5.91 Å². The Hall–Kier alpha value is -2.17. The molecule has 0 radical (unpaired) electrons. The van der Waals surface area contributed by atoms with Crippen LogP contribution in [0, 0.1) is 0 Å². The Morgan fingerprint density at radius 3 is 2.90 bits per heavy atom. The first-order valence-corrected chi connectivity index (χ1v) is 6.90. The first-order chi connectivity index (χ1) is 9.66. The second-order valence-electron chi connectivity index (χ2n) is 5.21. The van der Waals surface area contributed by atoms with Crippen molar-refractivity contribution in [3.8, 4) is 0 Å². The summed E-state index contributed by atoms with van der Waals surface area (Å²) in [7, 11) is 0. The number of piperidine rings is 1. The van der Waals surface area contributed by atoms with Gasteiger partial charge in [0.05, 0.1) is 0 Å². The minimum atomic E-state index is -0.468. The van der Waals surface area contributed by atoms with E-state index in [9.17, 15) is 14.4 Å². The van der Waals surface area contributed by atoms with Crippen molar-refractivity contribution in [3.63, 3.8) is 0 Å². The van der Waals surface area contributed by atoms with Crippen molar-refractivity contribution in [3.05, 3.63) is 34.9 Å². The lowest BCUT2D eigenvalue weighted by Crippen LogP contribution is -2.50. The monoisotopic (exact) mass is 272 g/mol. The number of ketones is 1. The maximum Gasteiger partial charge on any atom is 0.252 e. The molecule has 1 aromatic carbocycles. The fourth-order valence-corrected chi connectivity index (χ4v) is 2.85.